The van der Waals surface area contributed by atoms with Crippen LogP contribution >= 0.6 is 15.9 Å². The molecule has 3 aromatic carbocycles. The van der Waals surface area contributed by atoms with E-state index in [0.29, 0.717) is 39.5 Å². The minimum Gasteiger partial charge on any atom is -0.496 e. The highest BCUT2D eigenvalue weighted by atomic mass is 79.9. The Hall–Kier alpha value is -3.96. The lowest BCUT2D eigenvalue weighted by Crippen LogP contribution is -2.37. The van der Waals surface area contributed by atoms with Crippen LogP contribution < -0.4 is 19.4 Å². The maximum absolute atomic E-state index is 13.8. The Labute approximate surface area is 220 Å². The van der Waals surface area contributed by atoms with Crippen molar-refractivity contribution in [3.8, 4) is 11.5 Å². The van der Waals surface area contributed by atoms with Gasteiger partial charge < -0.3 is 9.47 Å². The zero-order valence-electron chi connectivity index (χ0n) is 19.9. The molecule has 10 nitrogen and oxygen atoms in total. The van der Waals surface area contributed by atoms with Crippen molar-refractivity contribution < 1.29 is 28.8 Å². The van der Waals surface area contributed by atoms with Crippen molar-refractivity contribution in [2.45, 2.75) is 19.1 Å². The highest BCUT2D eigenvalue weighted by Gasteiger charge is 2.60. The lowest BCUT2D eigenvalue weighted by Gasteiger charge is -2.29. The number of nitrogens with zero attached hydrogens (tertiary/aromatic N) is 3. The van der Waals surface area contributed by atoms with Gasteiger partial charge in [-0.25, -0.2) is 9.96 Å². The first-order valence-electron chi connectivity index (χ1n) is 11.5. The molecule has 0 N–H and O–H groups in total. The van der Waals surface area contributed by atoms with Crippen molar-refractivity contribution >= 4 is 44.8 Å². The van der Waals surface area contributed by atoms with Crippen molar-refractivity contribution in [2.75, 3.05) is 23.7 Å². The van der Waals surface area contributed by atoms with Gasteiger partial charge in [0.15, 0.2) is 6.10 Å². The minimum absolute atomic E-state index is 0.138. The molecule has 0 bridgehead atoms. The van der Waals surface area contributed by atoms with Crippen LogP contribution in [0.1, 0.15) is 18.5 Å². The van der Waals surface area contributed by atoms with Gasteiger partial charge >= 0.3 is 0 Å². The molecule has 190 valence electrons. The molecule has 2 fully saturated rings. The molecule has 2 aliphatic heterocycles. The van der Waals surface area contributed by atoms with Gasteiger partial charge in [-0.3, -0.25) is 24.5 Å². The number of benzene rings is 3. The fraction of sp³-hybridized carbons (Fsp3) is 0.231. The van der Waals surface area contributed by atoms with E-state index in [1.54, 1.807) is 48.5 Å². The second-order valence-corrected chi connectivity index (χ2v) is 9.29. The number of hydrogen-bond acceptors (Lipinski definition) is 8. The van der Waals surface area contributed by atoms with Gasteiger partial charge in [0.25, 0.3) is 11.6 Å². The number of amides is 2. The number of non-ortho nitro benzene ring substituents is 1. The summed E-state index contributed by atoms with van der Waals surface area (Å²) < 4.78 is 11.4. The molecule has 0 radical (unpaired) electrons. The van der Waals surface area contributed by atoms with Gasteiger partial charge in [-0.05, 0) is 70.9 Å². The molecular formula is C26H22BrN3O7. The molecule has 2 aliphatic rings. The molecule has 2 amide bonds. The van der Waals surface area contributed by atoms with Crippen LogP contribution in [0.5, 0.6) is 11.5 Å². The summed E-state index contributed by atoms with van der Waals surface area (Å²) in [5.74, 6) is -0.613. The van der Waals surface area contributed by atoms with E-state index in [4.69, 9.17) is 14.3 Å². The number of fused-ring (bicyclic) bond motifs is 1. The first kappa shape index (κ1) is 24.7. The highest BCUT2D eigenvalue weighted by molar-refractivity contribution is 9.10. The quantitative estimate of drug-likeness (QED) is 0.227. The SMILES string of the molecule is CCOc1ccc(N2C(=O)[C@@H]3[C@@H](ON(c4cccc([N+](=O)[O-])c4)[C@H]3c3ccc(OC)c(Br)c3)C2=O)cc1. The lowest BCUT2D eigenvalue weighted by molar-refractivity contribution is -0.384. The lowest BCUT2D eigenvalue weighted by atomic mass is 9.90. The Morgan fingerprint density at radius 3 is 2.43 bits per heavy atom. The van der Waals surface area contributed by atoms with Crippen LogP contribution in [0.4, 0.5) is 17.1 Å². The highest BCUT2D eigenvalue weighted by Crippen LogP contribution is 2.48. The fourth-order valence-electron chi connectivity index (χ4n) is 4.70. The number of rotatable bonds is 7. The number of nitro benzene ring substituents is 1. The topological polar surface area (TPSA) is 111 Å². The Balaban J connectivity index is 1.57. The minimum atomic E-state index is -1.11. The summed E-state index contributed by atoms with van der Waals surface area (Å²) in [5, 5.41) is 12.8. The van der Waals surface area contributed by atoms with Crippen LogP contribution in [0.2, 0.25) is 0 Å². The number of carbonyl (C=O) groups is 2. The predicted octanol–water partition coefficient (Wildman–Crippen LogP) is 4.82. The molecule has 0 saturated carbocycles. The van der Waals surface area contributed by atoms with E-state index < -0.39 is 34.8 Å². The number of hydrogen-bond donors (Lipinski definition) is 0. The third-order valence-electron chi connectivity index (χ3n) is 6.33. The molecular weight excluding hydrogens is 546 g/mol. The van der Waals surface area contributed by atoms with Crippen molar-refractivity contribution in [1.82, 2.24) is 0 Å². The first-order chi connectivity index (χ1) is 17.8. The number of hydroxylamine groups is 1. The van der Waals surface area contributed by atoms with Gasteiger partial charge in [-0.15, -0.1) is 0 Å². The van der Waals surface area contributed by atoms with E-state index in [1.165, 1.54) is 30.4 Å². The zero-order chi connectivity index (χ0) is 26.3. The van der Waals surface area contributed by atoms with Crippen LogP contribution in [-0.4, -0.2) is 36.6 Å². The number of imide groups is 1. The van der Waals surface area contributed by atoms with E-state index in [-0.39, 0.29) is 5.69 Å². The maximum Gasteiger partial charge on any atom is 0.271 e. The Morgan fingerprint density at radius 2 is 1.78 bits per heavy atom. The summed E-state index contributed by atoms with van der Waals surface area (Å²) >= 11 is 3.48. The molecule has 11 heteroatoms. The largest absolute Gasteiger partial charge is 0.496 e. The van der Waals surface area contributed by atoms with Crippen LogP contribution in [-0.2, 0) is 14.4 Å². The zero-order valence-corrected chi connectivity index (χ0v) is 21.5. The maximum atomic E-state index is 13.8. The molecule has 0 spiro atoms. The summed E-state index contributed by atoms with van der Waals surface area (Å²) in [7, 11) is 1.54. The second kappa shape index (κ2) is 9.83. The van der Waals surface area contributed by atoms with E-state index in [0.717, 1.165) is 4.90 Å². The van der Waals surface area contributed by atoms with Crippen molar-refractivity contribution in [2.24, 2.45) is 5.92 Å². The molecule has 0 unspecified atom stereocenters. The third-order valence-corrected chi connectivity index (χ3v) is 6.95. The number of anilines is 2. The van der Waals surface area contributed by atoms with E-state index in [1.807, 2.05) is 6.92 Å². The standard InChI is InChI=1S/C26H22BrN3O7/c1-3-36-19-10-8-16(9-11-19)28-25(31)22-23(15-7-12-21(35-2)20(27)13-15)29(37-24(22)26(28)32)17-5-4-6-18(14-17)30(33)34/h4-14,22-24H,3H2,1-2H3/t22-,23-,24+/m0/s1. The number of ether oxygens (including phenoxy) is 2. The normalized spacial score (nSPS) is 20.8. The number of halogens is 1. The summed E-state index contributed by atoms with van der Waals surface area (Å²) in [5.41, 5.74) is 1.30. The molecule has 0 aliphatic carbocycles. The molecule has 5 rings (SSSR count). The summed E-state index contributed by atoms with van der Waals surface area (Å²) in [6, 6.07) is 17.2. The molecule has 3 atom stereocenters. The summed E-state index contributed by atoms with van der Waals surface area (Å²) in [4.78, 5) is 45.4. The van der Waals surface area contributed by atoms with Crippen LogP contribution in [0.3, 0.4) is 0 Å². The van der Waals surface area contributed by atoms with Crippen molar-refractivity contribution in [3.05, 3.63) is 86.9 Å². The van der Waals surface area contributed by atoms with E-state index >= 15 is 0 Å². The summed E-state index contributed by atoms with van der Waals surface area (Å²) in [6.07, 6.45) is -1.11. The molecule has 37 heavy (non-hydrogen) atoms. The number of methoxy groups -OCH3 is 1. The monoisotopic (exact) mass is 567 g/mol. The van der Waals surface area contributed by atoms with Crippen LogP contribution in [0, 0.1) is 16.0 Å². The van der Waals surface area contributed by atoms with Gasteiger partial charge in [0.05, 0.1) is 40.5 Å². The number of carbonyl (C=O) groups excluding carboxylic acids is 2. The number of nitro groups is 1. The Bertz CT molecular complexity index is 1380. The van der Waals surface area contributed by atoms with E-state index in [9.17, 15) is 19.7 Å². The van der Waals surface area contributed by atoms with Crippen LogP contribution in [0.25, 0.3) is 0 Å². The Morgan fingerprint density at radius 1 is 1.03 bits per heavy atom. The molecule has 2 heterocycles. The Kier molecular flexibility index (Phi) is 6.57. The second-order valence-electron chi connectivity index (χ2n) is 8.43. The fourth-order valence-corrected chi connectivity index (χ4v) is 5.26. The third kappa shape index (κ3) is 4.30. The van der Waals surface area contributed by atoms with Crippen molar-refractivity contribution in [1.29, 1.82) is 0 Å². The van der Waals surface area contributed by atoms with Gasteiger partial charge in [0, 0.05) is 12.1 Å². The van der Waals surface area contributed by atoms with Gasteiger partial charge in [0.2, 0.25) is 5.91 Å². The van der Waals surface area contributed by atoms with E-state index in [2.05, 4.69) is 15.9 Å². The molecule has 3 aromatic rings. The summed E-state index contributed by atoms with van der Waals surface area (Å²) in [6.45, 7) is 2.36. The molecule has 2 saturated heterocycles. The average Bonchev–Trinajstić information content (AvgIpc) is 3.40. The van der Waals surface area contributed by atoms with Crippen LogP contribution in [0.15, 0.2) is 71.2 Å². The van der Waals surface area contributed by atoms with Gasteiger partial charge in [-0.2, -0.15) is 0 Å². The predicted molar refractivity (Wildman–Crippen MR) is 137 cm³/mol. The smallest absolute Gasteiger partial charge is 0.271 e. The van der Waals surface area contributed by atoms with Gasteiger partial charge in [0.1, 0.15) is 17.4 Å². The average molecular weight is 568 g/mol. The van der Waals surface area contributed by atoms with Gasteiger partial charge in [-0.1, -0.05) is 12.1 Å². The first-order valence-corrected chi connectivity index (χ1v) is 12.3. The van der Waals surface area contributed by atoms with Crippen molar-refractivity contribution in [3.63, 3.8) is 0 Å². The molecule has 0 aromatic heterocycles.